The molecule has 0 aliphatic carbocycles. The van der Waals surface area contributed by atoms with Gasteiger partial charge in [-0.25, -0.2) is 9.13 Å². The summed E-state index contributed by atoms with van der Waals surface area (Å²) in [6, 6.07) is 0. The highest BCUT2D eigenvalue weighted by Crippen LogP contribution is 2.45. The first-order valence-electron chi connectivity index (χ1n) is 45.1. The Bertz CT molecular complexity index is 2030. The maximum absolute atomic E-state index is 13.2. The van der Waals surface area contributed by atoms with Crippen molar-refractivity contribution in [2.24, 2.45) is 11.8 Å². The molecule has 0 aromatic carbocycles. The van der Waals surface area contributed by atoms with Crippen LogP contribution in [0.3, 0.4) is 0 Å². The van der Waals surface area contributed by atoms with Gasteiger partial charge in [0.15, 0.2) is 12.2 Å². The number of phosphoric ester groups is 2. The number of rotatable bonds is 86. The number of carbonyl (C=O) groups excluding carboxylic acids is 4. The minimum atomic E-state index is -4.97. The summed E-state index contributed by atoms with van der Waals surface area (Å²) in [5, 5.41) is 10.7. The molecule has 106 heavy (non-hydrogen) atoms. The number of ether oxygens (including phenoxy) is 4. The van der Waals surface area contributed by atoms with Crippen molar-refractivity contribution in [3.05, 3.63) is 0 Å². The average molecular weight is 1550 g/mol. The van der Waals surface area contributed by atoms with E-state index in [4.69, 9.17) is 37.0 Å². The lowest BCUT2D eigenvalue weighted by Crippen LogP contribution is -2.30. The Morgan fingerprint density at radius 2 is 0.453 bits per heavy atom. The van der Waals surface area contributed by atoms with E-state index in [0.717, 1.165) is 108 Å². The fraction of sp³-hybridized carbons (Fsp3) is 0.954. The molecule has 19 heteroatoms. The number of esters is 4. The van der Waals surface area contributed by atoms with E-state index in [-0.39, 0.29) is 25.7 Å². The summed E-state index contributed by atoms with van der Waals surface area (Å²) in [5.41, 5.74) is 0. The molecule has 0 radical (unpaired) electrons. The molecule has 0 rings (SSSR count). The predicted molar refractivity (Wildman–Crippen MR) is 437 cm³/mol. The van der Waals surface area contributed by atoms with E-state index in [1.807, 2.05) is 0 Å². The number of unbranched alkanes of at least 4 members (excludes halogenated alkanes) is 54. The number of phosphoric acid groups is 2. The van der Waals surface area contributed by atoms with Crippen molar-refractivity contribution in [2.45, 2.75) is 484 Å². The summed E-state index contributed by atoms with van der Waals surface area (Å²) in [4.78, 5) is 73.2. The van der Waals surface area contributed by atoms with Gasteiger partial charge in [0, 0.05) is 25.7 Å². The molecule has 17 nitrogen and oxygen atoms in total. The quantitative estimate of drug-likeness (QED) is 0.0222. The number of aliphatic hydroxyl groups excluding tert-OH is 1. The Morgan fingerprint density at radius 3 is 0.670 bits per heavy atom. The molecular weight excluding hydrogens is 1380 g/mol. The summed E-state index contributed by atoms with van der Waals surface area (Å²) in [7, 11) is -9.93. The molecule has 0 spiro atoms. The third-order valence-electron chi connectivity index (χ3n) is 21.2. The van der Waals surface area contributed by atoms with Gasteiger partial charge < -0.3 is 33.8 Å². The second-order valence-corrected chi connectivity index (χ2v) is 34.7. The van der Waals surface area contributed by atoms with Crippen LogP contribution >= 0.6 is 15.6 Å². The van der Waals surface area contributed by atoms with Crippen molar-refractivity contribution in [3.8, 4) is 0 Å². The van der Waals surface area contributed by atoms with E-state index in [1.54, 1.807) is 0 Å². The van der Waals surface area contributed by atoms with E-state index in [1.165, 1.54) is 276 Å². The van der Waals surface area contributed by atoms with Crippen LogP contribution in [0.4, 0.5) is 0 Å². The monoisotopic (exact) mass is 1550 g/mol. The van der Waals surface area contributed by atoms with Gasteiger partial charge in [-0.15, -0.1) is 0 Å². The van der Waals surface area contributed by atoms with E-state index in [9.17, 15) is 43.2 Å². The molecule has 4 unspecified atom stereocenters. The molecule has 0 saturated heterocycles. The van der Waals surface area contributed by atoms with Crippen molar-refractivity contribution in [3.63, 3.8) is 0 Å². The average Bonchev–Trinajstić information content (AvgIpc) is 0.899. The highest BCUT2D eigenvalue weighted by molar-refractivity contribution is 7.47. The maximum Gasteiger partial charge on any atom is 0.472 e. The van der Waals surface area contributed by atoms with Crippen LogP contribution in [0.1, 0.15) is 465 Å². The molecule has 0 aromatic rings. The Balaban J connectivity index is 5.22. The summed E-state index contributed by atoms with van der Waals surface area (Å²) in [6.45, 7) is 9.65. The molecule has 0 fully saturated rings. The second kappa shape index (κ2) is 78.3. The SMILES string of the molecule is CCCCCCCCCCCCCCCCCCCCCCCC(=O)OC[C@H](COP(=O)(O)OC[C@@H](O)COP(=O)(O)OC[C@@H](COC(=O)CCCCCCCCC(C)CC)OC(=O)CCCCCCCCCCCCC(C)CC)OC(=O)CCCCCCCCCCCCCCCCCCCCCCC. The molecule has 3 N–H and O–H groups in total. The van der Waals surface area contributed by atoms with Gasteiger partial charge in [-0.3, -0.25) is 37.3 Å². The third kappa shape index (κ3) is 77.4. The summed E-state index contributed by atoms with van der Waals surface area (Å²) >= 11 is 0. The number of hydrogen-bond acceptors (Lipinski definition) is 15. The van der Waals surface area contributed by atoms with Gasteiger partial charge >= 0.3 is 39.5 Å². The minimum absolute atomic E-state index is 0.106. The molecule has 0 aliphatic rings. The van der Waals surface area contributed by atoms with Gasteiger partial charge in [-0.2, -0.15) is 0 Å². The van der Waals surface area contributed by atoms with Gasteiger partial charge in [0.1, 0.15) is 19.3 Å². The molecule has 0 aliphatic heterocycles. The molecule has 7 atom stereocenters. The first-order valence-corrected chi connectivity index (χ1v) is 48.1. The number of hydrogen-bond donors (Lipinski definition) is 3. The summed E-state index contributed by atoms with van der Waals surface area (Å²) in [6.07, 6.45) is 71.0. The van der Waals surface area contributed by atoms with Gasteiger partial charge in [-0.1, -0.05) is 414 Å². The predicted octanol–water partition coefficient (Wildman–Crippen LogP) is 26.6. The van der Waals surface area contributed by atoms with Crippen molar-refractivity contribution in [2.75, 3.05) is 39.6 Å². The zero-order chi connectivity index (χ0) is 77.8. The molecule has 0 saturated carbocycles. The Labute approximate surface area is 651 Å². The highest BCUT2D eigenvalue weighted by Gasteiger charge is 2.30. The molecule has 0 bridgehead atoms. The molecule has 0 aromatic heterocycles. The van der Waals surface area contributed by atoms with Crippen LogP contribution in [0, 0.1) is 11.8 Å². The fourth-order valence-corrected chi connectivity index (χ4v) is 15.1. The van der Waals surface area contributed by atoms with Crippen molar-refractivity contribution in [1.29, 1.82) is 0 Å². The smallest absolute Gasteiger partial charge is 0.462 e. The topological polar surface area (TPSA) is 237 Å². The van der Waals surface area contributed by atoms with Crippen LogP contribution in [-0.4, -0.2) is 96.7 Å². The number of carbonyl (C=O) groups is 4. The van der Waals surface area contributed by atoms with Crippen LogP contribution in [0.15, 0.2) is 0 Å². The van der Waals surface area contributed by atoms with Gasteiger partial charge in [0.05, 0.1) is 26.4 Å². The molecule has 630 valence electrons. The van der Waals surface area contributed by atoms with Crippen LogP contribution in [0.2, 0.25) is 0 Å². The van der Waals surface area contributed by atoms with Crippen molar-refractivity contribution in [1.82, 2.24) is 0 Å². The lowest BCUT2D eigenvalue weighted by molar-refractivity contribution is -0.161. The van der Waals surface area contributed by atoms with Crippen LogP contribution in [0.25, 0.3) is 0 Å². The van der Waals surface area contributed by atoms with E-state index < -0.39 is 97.5 Å². The van der Waals surface area contributed by atoms with E-state index in [2.05, 4.69) is 41.5 Å². The molecule has 0 heterocycles. The largest absolute Gasteiger partial charge is 0.472 e. The molecule has 0 amide bonds. The van der Waals surface area contributed by atoms with Crippen LogP contribution in [-0.2, 0) is 65.4 Å². The second-order valence-electron chi connectivity index (χ2n) is 31.8. The normalized spacial score (nSPS) is 14.3. The van der Waals surface area contributed by atoms with Crippen LogP contribution < -0.4 is 0 Å². The Hall–Kier alpha value is -1.94. The highest BCUT2D eigenvalue weighted by atomic mass is 31.2. The zero-order valence-corrected chi connectivity index (χ0v) is 71.5. The maximum atomic E-state index is 13.2. The molecular formula is C87H170O17P2. The first-order chi connectivity index (χ1) is 51.4. The summed E-state index contributed by atoms with van der Waals surface area (Å²) < 4.78 is 68.9. The van der Waals surface area contributed by atoms with Crippen LogP contribution in [0.5, 0.6) is 0 Å². The lowest BCUT2D eigenvalue weighted by Gasteiger charge is -2.21. The van der Waals surface area contributed by atoms with Gasteiger partial charge in [0.25, 0.3) is 0 Å². The van der Waals surface area contributed by atoms with Gasteiger partial charge in [-0.05, 0) is 37.5 Å². The third-order valence-corrected chi connectivity index (χ3v) is 23.1. The first kappa shape index (κ1) is 104. The zero-order valence-electron chi connectivity index (χ0n) is 69.7. The van der Waals surface area contributed by atoms with Gasteiger partial charge in [0.2, 0.25) is 0 Å². The van der Waals surface area contributed by atoms with Crippen molar-refractivity contribution >= 4 is 39.5 Å². The fourth-order valence-electron chi connectivity index (χ4n) is 13.5. The summed E-state index contributed by atoms with van der Waals surface area (Å²) in [5.74, 6) is -0.571. The minimum Gasteiger partial charge on any atom is -0.462 e. The lowest BCUT2D eigenvalue weighted by atomic mass is 9.99. The van der Waals surface area contributed by atoms with Crippen molar-refractivity contribution < 1.29 is 80.2 Å². The number of aliphatic hydroxyl groups is 1. The van der Waals surface area contributed by atoms with E-state index in [0.29, 0.717) is 25.7 Å². The van der Waals surface area contributed by atoms with E-state index >= 15 is 0 Å². The standard InChI is InChI=1S/C87H170O17P2/c1-7-11-13-15-17-19-21-23-25-27-29-31-33-35-37-39-41-46-50-57-63-69-84(89)97-75-82(103-86(91)71-65-59-51-47-42-40-38-36-34-32-30-28-26-24-22-20-18-16-14-12-8-2)77-101-105(93,94)99-73-81(88)74-100-106(95,96)102-78-83(76-98-85(90)70-64-58-54-53-56-62-68-80(6)10-4)104-87(92)72-66-60-52-48-44-43-45-49-55-61-67-79(5)9-3/h79-83,88H,7-78H2,1-6H3,(H,93,94)(H,95,96)/t79?,80?,81-,82-,83-/m1/s1. The Kier molecular flexibility index (Phi) is 76.9. The Morgan fingerprint density at radius 1 is 0.264 bits per heavy atom.